The number of nitrogens with two attached hydrogens (primary N) is 1. The van der Waals surface area contributed by atoms with E-state index in [2.05, 4.69) is 4.84 Å². The number of hydrogen-bond acceptors (Lipinski definition) is 3. The zero-order valence-corrected chi connectivity index (χ0v) is 5.96. The summed E-state index contributed by atoms with van der Waals surface area (Å²) < 4.78 is 5.25. The molecule has 0 bridgehead atoms. The van der Waals surface area contributed by atoms with E-state index in [1.54, 1.807) is 0 Å². The quantitative estimate of drug-likeness (QED) is 0.639. The molecule has 1 aromatic heterocycles. The summed E-state index contributed by atoms with van der Waals surface area (Å²) in [6.45, 7) is 2.42. The summed E-state index contributed by atoms with van der Waals surface area (Å²) in [6, 6.07) is 3.85. The molecule has 0 radical (unpaired) electrons. The van der Waals surface area contributed by atoms with Crippen molar-refractivity contribution in [2.75, 3.05) is 6.61 Å². The topological polar surface area (TPSA) is 48.4 Å². The van der Waals surface area contributed by atoms with Gasteiger partial charge in [0.15, 0.2) is 0 Å². The average Bonchev–Trinajstić information content (AvgIpc) is 2.31. The van der Waals surface area contributed by atoms with Crippen LogP contribution in [0, 0.1) is 6.92 Å². The lowest BCUT2D eigenvalue weighted by atomic mass is 10.3. The molecule has 3 nitrogen and oxygen atoms in total. The van der Waals surface area contributed by atoms with Crippen molar-refractivity contribution in [3.63, 3.8) is 0 Å². The molecule has 0 atom stereocenters. The lowest BCUT2D eigenvalue weighted by Crippen LogP contribution is -2.02. The predicted molar refractivity (Wildman–Crippen MR) is 37.3 cm³/mol. The summed E-state index contributed by atoms with van der Waals surface area (Å²) in [7, 11) is 0. The lowest BCUT2D eigenvalue weighted by molar-refractivity contribution is 0.137. The maximum absolute atomic E-state index is 5.25. The molecule has 0 saturated carbocycles. The van der Waals surface area contributed by atoms with Gasteiger partial charge >= 0.3 is 0 Å². The van der Waals surface area contributed by atoms with E-state index in [1.165, 1.54) is 0 Å². The van der Waals surface area contributed by atoms with Crippen molar-refractivity contribution in [2.45, 2.75) is 13.3 Å². The highest BCUT2D eigenvalue weighted by molar-refractivity contribution is 5.05. The minimum absolute atomic E-state index is 0.507. The van der Waals surface area contributed by atoms with Gasteiger partial charge in [-0.3, -0.25) is 0 Å². The standard InChI is InChI=1S/C7H11NO2/c1-6-2-3-7(10-6)4-5-9-8/h2-3H,4-5,8H2,1H3. The molecule has 56 valence electrons. The third-order valence-corrected chi connectivity index (χ3v) is 1.26. The zero-order chi connectivity index (χ0) is 7.40. The van der Waals surface area contributed by atoms with E-state index in [0.717, 1.165) is 17.9 Å². The SMILES string of the molecule is Cc1ccc(CCON)o1. The van der Waals surface area contributed by atoms with Crippen LogP contribution < -0.4 is 5.90 Å². The highest BCUT2D eigenvalue weighted by atomic mass is 16.6. The maximum atomic E-state index is 5.25. The minimum Gasteiger partial charge on any atom is -0.466 e. The number of aryl methyl sites for hydroxylation is 1. The molecule has 0 aliphatic heterocycles. The van der Waals surface area contributed by atoms with E-state index in [0.29, 0.717) is 6.61 Å². The second-order valence-electron chi connectivity index (χ2n) is 2.13. The highest BCUT2D eigenvalue weighted by Gasteiger charge is 1.96. The summed E-state index contributed by atoms with van der Waals surface area (Å²) in [5, 5.41) is 0. The van der Waals surface area contributed by atoms with E-state index in [-0.39, 0.29) is 0 Å². The molecular formula is C7H11NO2. The number of rotatable bonds is 3. The third-order valence-electron chi connectivity index (χ3n) is 1.26. The molecule has 3 heteroatoms. The molecule has 0 unspecified atom stereocenters. The highest BCUT2D eigenvalue weighted by Crippen LogP contribution is 2.05. The van der Waals surface area contributed by atoms with Crippen LogP contribution in [0.4, 0.5) is 0 Å². The second kappa shape index (κ2) is 3.39. The van der Waals surface area contributed by atoms with Crippen molar-refractivity contribution < 1.29 is 9.25 Å². The van der Waals surface area contributed by atoms with Crippen molar-refractivity contribution in [3.8, 4) is 0 Å². The first-order chi connectivity index (χ1) is 4.83. The Morgan fingerprint density at radius 2 is 2.40 bits per heavy atom. The fraction of sp³-hybridized carbons (Fsp3) is 0.429. The van der Waals surface area contributed by atoms with E-state index >= 15 is 0 Å². The van der Waals surface area contributed by atoms with Crippen molar-refractivity contribution in [1.29, 1.82) is 0 Å². The van der Waals surface area contributed by atoms with E-state index in [1.807, 2.05) is 19.1 Å². The van der Waals surface area contributed by atoms with Gasteiger partial charge in [-0.25, -0.2) is 5.90 Å². The molecular weight excluding hydrogens is 130 g/mol. The smallest absolute Gasteiger partial charge is 0.106 e. The lowest BCUT2D eigenvalue weighted by Gasteiger charge is -1.92. The van der Waals surface area contributed by atoms with Gasteiger partial charge in [-0.15, -0.1) is 0 Å². The van der Waals surface area contributed by atoms with Gasteiger partial charge < -0.3 is 9.25 Å². The van der Waals surface area contributed by atoms with Crippen molar-refractivity contribution >= 4 is 0 Å². The van der Waals surface area contributed by atoms with Gasteiger partial charge in [-0.05, 0) is 19.1 Å². The van der Waals surface area contributed by atoms with E-state index < -0.39 is 0 Å². The van der Waals surface area contributed by atoms with Crippen LogP contribution >= 0.6 is 0 Å². The first kappa shape index (κ1) is 7.31. The Balaban J connectivity index is 2.42. The summed E-state index contributed by atoms with van der Waals surface area (Å²) in [5.41, 5.74) is 0. The fourth-order valence-corrected chi connectivity index (χ4v) is 0.779. The van der Waals surface area contributed by atoms with Crippen LogP contribution in [0.15, 0.2) is 16.5 Å². The molecule has 1 aromatic rings. The first-order valence-corrected chi connectivity index (χ1v) is 3.20. The first-order valence-electron chi connectivity index (χ1n) is 3.20. The van der Waals surface area contributed by atoms with Crippen LogP contribution in [0.1, 0.15) is 11.5 Å². The summed E-state index contributed by atoms with van der Waals surface area (Å²) in [6.07, 6.45) is 0.740. The molecule has 0 aliphatic carbocycles. The molecule has 0 spiro atoms. The molecule has 0 aliphatic rings. The molecule has 0 saturated heterocycles. The van der Waals surface area contributed by atoms with Gasteiger partial charge in [0, 0.05) is 6.42 Å². The van der Waals surface area contributed by atoms with Gasteiger partial charge in [-0.2, -0.15) is 0 Å². The van der Waals surface area contributed by atoms with E-state index in [4.69, 9.17) is 10.3 Å². The van der Waals surface area contributed by atoms with Gasteiger partial charge in [0.2, 0.25) is 0 Å². The average molecular weight is 141 g/mol. The molecule has 1 rings (SSSR count). The summed E-state index contributed by atoms with van der Waals surface area (Å²) in [4.78, 5) is 4.40. The molecule has 2 N–H and O–H groups in total. The molecule has 1 heterocycles. The van der Waals surface area contributed by atoms with Crippen LogP contribution in [0.5, 0.6) is 0 Å². The molecule has 0 fully saturated rings. The van der Waals surface area contributed by atoms with Crippen LogP contribution in [-0.2, 0) is 11.3 Å². The Bertz CT molecular complexity index is 195. The van der Waals surface area contributed by atoms with Crippen LogP contribution in [0.25, 0.3) is 0 Å². The fourth-order valence-electron chi connectivity index (χ4n) is 0.779. The molecule has 10 heavy (non-hydrogen) atoms. The van der Waals surface area contributed by atoms with Gasteiger partial charge in [0.05, 0.1) is 6.61 Å². The normalized spacial score (nSPS) is 10.2. The maximum Gasteiger partial charge on any atom is 0.106 e. The van der Waals surface area contributed by atoms with Crippen molar-refractivity contribution in [2.24, 2.45) is 5.90 Å². The van der Waals surface area contributed by atoms with Gasteiger partial charge in [-0.1, -0.05) is 0 Å². The minimum atomic E-state index is 0.507. The monoisotopic (exact) mass is 141 g/mol. The summed E-state index contributed by atoms with van der Waals surface area (Å²) in [5.74, 6) is 6.68. The van der Waals surface area contributed by atoms with Crippen molar-refractivity contribution in [1.82, 2.24) is 0 Å². The van der Waals surface area contributed by atoms with Crippen LogP contribution in [-0.4, -0.2) is 6.61 Å². The number of furan rings is 1. The van der Waals surface area contributed by atoms with Crippen LogP contribution in [0.2, 0.25) is 0 Å². The molecule has 0 aromatic carbocycles. The Hall–Kier alpha value is -0.800. The van der Waals surface area contributed by atoms with Crippen LogP contribution in [0.3, 0.4) is 0 Å². The Morgan fingerprint density at radius 1 is 1.60 bits per heavy atom. The van der Waals surface area contributed by atoms with Gasteiger partial charge in [0.25, 0.3) is 0 Å². The number of hydrogen-bond donors (Lipinski definition) is 1. The third kappa shape index (κ3) is 1.86. The van der Waals surface area contributed by atoms with E-state index in [9.17, 15) is 0 Å². The predicted octanol–water partition coefficient (Wildman–Crippen LogP) is 1.02. The molecule has 0 amide bonds. The Labute approximate surface area is 59.7 Å². The van der Waals surface area contributed by atoms with Gasteiger partial charge in [0.1, 0.15) is 11.5 Å². The largest absolute Gasteiger partial charge is 0.466 e. The Morgan fingerprint density at radius 3 is 2.90 bits per heavy atom. The Kier molecular flexibility index (Phi) is 2.48. The second-order valence-corrected chi connectivity index (χ2v) is 2.13. The zero-order valence-electron chi connectivity index (χ0n) is 5.96. The summed E-state index contributed by atoms with van der Waals surface area (Å²) >= 11 is 0. The van der Waals surface area contributed by atoms with Crippen molar-refractivity contribution in [3.05, 3.63) is 23.7 Å².